The Balaban J connectivity index is 1.62. The number of fused-ring (bicyclic) bond motifs is 2. The second-order valence-electron chi connectivity index (χ2n) is 6.77. The summed E-state index contributed by atoms with van der Waals surface area (Å²) in [4.78, 5) is 12.0. The highest BCUT2D eigenvalue weighted by atomic mass is 15.2. The van der Waals surface area contributed by atoms with E-state index in [-0.39, 0.29) is 0 Å². The number of aromatic nitrogens is 3. The van der Waals surface area contributed by atoms with Crippen molar-refractivity contribution in [2.45, 2.75) is 38.3 Å². The summed E-state index contributed by atoms with van der Waals surface area (Å²) in [6, 6.07) is 10.7. The van der Waals surface area contributed by atoms with Crippen LogP contribution in [-0.4, -0.2) is 32.4 Å². The predicted molar refractivity (Wildman–Crippen MR) is 99.2 cm³/mol. The first-order valence-corrected chi connectivity index (χ1v) is 9.15. The molecule has 25 heavy (non-hydrogen) atoms. The van der Waals surface area contributed by atoms with E-state index in [4.69, 9.17) is 15.7 Å². The van der Waals surface area contributed by atoms with Crippen molar-refractivity contribution >= 4 is 5.65 Å². The average molecular weight is 335 g/mol. The van der Waals surface area contributed by atoms with E-state index < -0.39 is 0 Å². The summed E-state index contributed by atoms with van der Waals surface area (Å²) in [5, 5.41) is 0. The second-order valence-corrected chi connectivity index (χ2v) is 6.77. The minimum atomic E-state index is 0.362. The van der Waals surface area contributed by atoms with Crippen molar-refractivity contribution in [2.24, 2.45) is 5.73 Å². The molecule has 3 aromatic rings. The van der Waals surface area contributed by atoms with Crippen molar-refractivity contribution in [3.63, 3.8) is 0 Å². The van der Waals surface area contributed by atoms with Gasteiger partial charge in [-0.25, -0.2) is 4.98 Å². The fraction of sp³-hybridized carbons (Fsp3) is 0.400. The topological polar surface area (TPSA) is 59.5 Å². The standard InChI is InChI=1S/C20H25N5/c21-10-5-13-24(14-17-15-25-12-2-1-9-19(25)23-17)18-8-3-6-16-7-4-11-22-20(16)18/h1-2,4,7,9,11-12,15,18H,3,5-6,8,10,13-14,21H2. The maximum atomic E-state index is 5.79. The van der Waals surface area contributed by atoms with Gasteiger partial charge in [0.05, 0.1) is 17.4 Å². The van der Waals surface area contributed by atoms with Gasteiger partial charge in [0, 0.05) is 31.7 Å². The summed E-state index contributed by atoms with van der Waals surface area (Å²) in [6.45, 7) is 2.52. The van der Waals surface area contributed by atoms with Crippen molar-refractivity contribution in [3.05, 3.63) is 65.9 Å². The van der Waals surface area contributed by atoms with Crippen LogP contribution in [0.3, 0.4) is 0 Å². The number of nitrogens with zero attached hydrogens (tertiary/aromatic N) is 4. The van der Waals surface area contributed by atoms with Crippen molar-refractivity contribution in [1.29, 1.82) is 0 Å². The van der Waals surface area contributed by atoms with Gasteiger partial charge in [0.15, 0.2) is 0 Å². The van der Waals surface area contributed by atoms with E-state index in [1.807, 2.05) is 36.7 Å². The third kappa shape index (κ3) is 3.43. The zero-order valence-electron chi connectivity index (χ0n) is 14.5. The van der Waals surface area contributed by atoms with Crippen LogP contribution in [0.15, 0.2) is 48.9 Å². The number of pyridine rings is 2. The molecule has 5 nitrogen and oxygen atoms in total. The first-order valence-electron chi connectivity index (χ1n) is 9.15. The molecule has 1 aliphatic carbocycles. The van der Waals surface area contributed by atoms with Crippen LogP contribution in [0, 0.1) is 0 Å². The van der Waals surface area contributed by atoms with Crippen molar-refractivity contribution in [2.75, 3.05) is 13.1 Å². The van der Waals surface area contributed by atoms with Gasteiger partial charge in [-0.05, 0) is 56.0 Å². The fourth-order valence-electron chi connectivity index (χ4n) is 3.85. The summed E-state index contributed by atoms with van der Waals surface area (Å²) >= 11 is 0. The third-order valence-electron chi connectivity index (χ3n) is 5.03. The Morgan fingerprint density at radius 3 is 3.08 bits per heavy atom. The second kappa shape index (κ2) is 7.33. The zero-order valence-corrected chi connectivity index (χ0v) is 14.5. The van der Waals surface area contributed by atoms with E-state index in [1.54, 1.807) is 0 Å². The Bertz CT molecular complexity index is 808. The highest BCUT2D eigenvalue weighted by molar-refractivity contribution is 5.39. The first kappa shape index (κ1) is 16.2. The number of aryl methyl sites for hydroxylation is 1. The minimum Gasteiger partial charge on any atom is -0.330 e. The normalized spacial score (nSPS) is 17.1. The van der Waals surface area contributed by atoms with Gasteiger partial charge < -0.3 is 10.1 Å². The molecule has 1 atom stereocenters. The largest absolute Gasteiger partial charge is 0.330 e. The lowest BCUT2D eigenvalue weighted by Gasteiger charge is -2.34. The van der Waals surface area contributed by atoms with Gasteiger partial charge in [0.25, 0.3) is 0 Å². The van der Waals surface area contributed by atoms with E-state index in [9.17, 15) is 0 Å². The SMILES string of the molecule is NCCCN(Cc1cn2ccccc2n1)C1CCCc2cccnc21. The fourth-order valence-corrected chi connectivity index (χ4v) is 3.85. The quantitative estimate of drug-likeness (QED) is 0.752. The summed E-state index contributed by atoms with van der Waals surface area (Å²) in [5.41, 5.74) is 10.5. The molecule has 0 radical (unpaired) electrons. The number of hydrogen-bond donors (Lipinski definition) is 1. The van der Waals surface area contributed by atoms with E-state index in [0.29, 0.717) is 12.6 Å². The smallest absolute Gasteiger partial charge is 0.137 e. The third-order valence-corrected chi connectivity index (χ3v) is 5.03. The molecule has 0 amide bonds. The van der Waals surface area contributed by atoms with Crippen molar-refractivity contribution in [3.8, 4) is 0 Å². The number of rotatable bonds is 6. The van der Waals surface area contributed by atoms with Crippen LogP contribution in [0.25, 0.3) is 5.65 Å². The Hall–Kier alpha value is -2.24. The van der Waals surface area contributed by atoms with Gasteiger partial charge >= 0.3 is 0 Å². The maximum absolute atomic E-state index is 5.79. The first-order chi connectivity index (χ1) is 12.3. The van der Waals surface area contributed by atoms with Crippen LogP contribution in [0.5, 0.6) is 0 Å². The minimum absolute atomic E-state index is 0.362. The Labute approximate surface area is 148 Å². The molecule has 5 heteroatoms. The molecular formula is C20H25N5. The van der Waals surface area contributed by atoms with Crippen LogP contribution in [0.2, 0.25) is 0 Å². The predicted octanol–water partition coefficient (Wildman–Crippen LogP) is 2.96. The molecule has 0 saturated heterocycles. The molecule has 4 rings (SSSR count). The molecular weight excluding hydrogens is 310 g/mol. The molecule has 0 aromatic carbocycles. The monoisotopic (exact) mass is 335 g/mol. The van der Waals surface area contributed by atoms with Gasteiger partial charge in [-0.3, -0.25) is 9.88 Å². The Morgan fingerprint density at radius 1 is 1.24 bits per heavy atom. The molecule has 3 aromatic heterocycles. The highest BCUT2D eigenvalue weighted by Crippen LogP contribution is 2.33. The molecule has 1 unspecified atom stereocenters. The lowest BCUT2D eigenvalue weighted by atomic mass is 9.90. The molecule has 130 valence electrons. The molecule has 0 fully saturated rings. The molecule has 2 N–H and O–H groups in total. The average Bonchev–Trinajstić information content (AvgIpc) is 3.07. The lowest BCUT2D eigenvalue weighted by molar-refractivity contribution is 0.163. The van der Waals surface area contributed by atoms with E-state index in [2.05, 4.69) is 21.6 Å². The van der Waals surface area contributed by atoms with E-state index >= 15 is 0 Å². The van der Waals surface area contributed by atoms with Crippen molar-refractivity contribution < 1.29 is 0 Å². The van der Waals surface area contributed by atoms with Crippen molar-refractivity contribution in [1.82, 2.24) is 19.3 Å². The van der Waals surface area contributed by atoms with E-state index in [1.165, 1.54) is 17.7 Å². The highest BCUT2D eigenvalue weighted by Gasteiger charge is 2.27. The van der Waals surface area contributed by atoms with Gasteiger partial charge in [-0.2, -0.15) is 0 Å². The molecule has 3 heterocycles. The van der Waals surface area contributed by atoms with Crippen LogP contribution >= 0.6 is 0 Å². The zero-order chi connectivity index (χ0) is 17.1. The van der Waals surface area contributed by atoms with Crippen LogP contribution in [0.1, 0.15) is 42.3 Å². The summed E-state index contributed by atoms with van der Waals surface area (Å²) in [5.74, 6) is 0. The Morgan fingerprint density at radius 2 is 2.20 bits per heavy atom. The number of hydrogen-bond acceptors (Lipinski definition) is 4. The summed E-state index contributed by atoms with van der Waals surface area (Å²) < 4.78 is 2.09. The van der Waals surface area contributed by atoms with Gasteiger partial charge in [-0.1, -0.05) is 12.1 Å². The van der Waals surface area contributed by atoms with Gasteiger partial charge in [-0.15, -0.1) is 0 Å². The molecule has 0 bridgehead atoms. The van der Waals surface area contributed by atoms with Gasteiger partial charge in [0.2, 0.25) is 0 Å². The maximum Gasteiger partial charge on any atom is 0.137 e. The molecule has 0 spiro atoms. The molecule has 0 aliphatic heterocycles. The molecule has 1 aliphatic rings. The van der Waals surface area contributed by atoms with Gasteiger partial charge in [0.1, 0.15) is 5.65 Å². The summed E-state index contributed by atoms with van der Waals surface area (Å²) in [7, 11) is 0. The number of nitrogens with two attached hydrogens (primary N) is 1. The van der Waals surface area contributed by atoms with E-state index in [0.717, 1.165) is 43.7 Å². The van der Waals surface area contributed by atoms with Crippen LogP contribution in [0.4, 0.5) is 0 Å². The van der Waals surface area contributed by atoms with Crippen LogP contribution < -0.4 is 5.73 Å². The lowest BCUT2D eigenvalue weighted by Crippen LogP contribution is -2.33. The Kier molecular flexibility index (Phi) is 4.76. The molecule has 0 saturated carbocycles. The number of imidazole rings is 1. The summed E-state index contributed by atoms with van der Waals surface area (Å²) in [6.07, 6.45) is 10.6. The van der Waals surface area contributed by atoms with Crippen LogP contribution in [-0.2, 0) is 13.0 Å².